The maximum atomic E-state index is 13.7. The quantitative estimate of drug-likeness (QED) is 0.324. The van der Waals surface area contributed by atoms with E-state index in [4.69, 9.17) is 27.9 Å². The SMILES string of the molecule is O=C(Oc1c(Cl)cc(Cl)c2ccccc12)c1ccc(F)c(F)c1F. The monoisotopic (exact) mass is 370 g/mol. The Balaban J connectivity index is 2.08. The lowest BCUT2D eigenvalue weighted by Gasteiger charge is -2.11. The van der Waals surface area contributed by atoms with Gasteiger partial charge in [-0.25, -0.2) is 18.0 Å². The lowest BCUT2D eigenvalue weighted by Crippen LogP contribution is -2.13. The smallest absolute Gasteiger partial charge is 0.346 e. The first-order chi connectivity index (χ1) is 11.4. The van der Waals surface area contributed by atoms with Crippen LogP contribution in [0, 0.1) is 17.5 Å². The molecule has 0 saturated heterocycles. The third kappa shape index (κ3) is 2.81. The normalized spacial score (nSPS) is 10.9. The minimum absolute atomic E-state index is 0.0232. The van der Waals surface area contributed by atoms with Gasteiger partial charge in [0.25, 0.3) is 0 Å². The van der Waals surface area contributed by atoms with Crippen LogP contribution in [-0.4, -0.2) is 5.97 Å². The molecule has 2 nitrogen and oxygen atoms in total. The average Bonchev–Trinajstić information content (AvgIpc) is 2.56. The Morgan fingerprint density at radius 1 is 0.875 bits per heavy atom. The summed E-state index contributed by atoms with van der Waals surface area (Å²) in [5.41, 5.74) is -0.746. The molecular formula is C17H7Cl2F3O2. The molecular weight excluding hydrogens is 364 g/mol. The van der Waals surface area contributed by atoms with Gasteiger partial charge < -0.3 is 4.74 Å². The molecule has 0 unspecified atom stereocenters. The van der Waals surface area contributed by atoms with Crippen molar-refractivity contribution in [1.29, 1.82) is 0 Å². The van der Waals surface area contributed by atoms with Gasteiger partial charge in [0.05, 0.1) is 15.6 Å². The molecule has 0 aliphatic rings. The molecule has 3 aromatic rings. The molecule has 0 saturated carbocycles. The molecule has 0 atom stereocenters. The van der Waals surface area contributed by atoms with Crippen LogP contribution in [0.25, 0.3) is 10.8 Å². The number of halogens is 5. The number of carbonyl (C=O) groups excluding carboxylic acids is 1. The molecule has 3 aromatic carbocycles. The number of rotatable bonds is 2. The van der Waals surface area contributed by atoms with Crippen LogP contribution >= 0.6 is 23.2 Å². The highest BCUT2D eigenvalue weighted by Gasteiger charge is 2.22. The standard InChI is InChI=1S/C17H7Cl2F3O2/c18-11-7-12(19)16(9-4-2-1-3-8(9)11)24-17(23)10-5-6-13(20)15(22)14(10)21/h1-7H. The Morgan fingerprint density at radius 2 is 1.54 bits per heavy atom. The van der Waals surface area contributed by atoms with Crippen molar-refractivity contribution in [2.75, 3.05) is 0 Å². The molecule has 0 aliphatic carbocycles. The molecule has 0 amide bonds. The summed E-state index contributed by atoms with van der Waals surface area (Å²) >= 11 is 12.1. The summed E-state index contributed by atoms with van der Waals surface area (Å²) in [5.74, 6) is -6.04. The minimum Gasteiger partial charge on any atom is -0.421 e. The van der Waals surface area contributed by atoms with Crippen LogP contribution in [0.1, 0.15) is 10.4 Å². The third-order valence-electron chi connectivity index (χ3n) is 3.35. The topological polar surface area (TPSA) is 26.3 Å². The number of benzene rings is 3. The number of hydrogen-bond donors (Lipinski definition) is 0. The Hall–Kier alpha value is -2.24. The molecule has 122 valence electrons. The number of hydrogen-bond acceptors (Lipinski definition) is 2. The zero-order chi connectivity index (χ0) is 17.4. The van der Waals surface area contributed by atoms with Crippen LogP contribution < -0.4 is 4.74 Å². The van der Waals surface area contributed by atoms with Crippen LogP contribution in [0.5, 0.6) is 5.75 Å². The first-order valence-electron chi connectivity index (χ1n) is 6.62. The zero-order valence-corrected chi connectivity index (χ0v) is 13.3. The van der Waals surface area contributed by atoms with Crippen LogP contribution in [-0.2, 0) is 0 Å². The molecule has 3 rings (SSSR count). The van der Waals surface area contributed by atoms with Gasteiger partial charge >= 0.3 is 5.97 Å². The average molecular weight is 371 g/mol. The van der Waals surface area contributed by atoms with Gasteiger partial charge in [0, 0.05) is 10.8 Å². The number of ether oxygens (including phenoxy) is 1. The molecule has 0 radical (unpaired) electrons. The van der Waals surface area contributed by atoms with Gasteiger partial charge in [0.2, 0.25) is 0 Å². The van der Waals surface area contributed by atoms with Gasteiger partial charge in [0.15, 0.2) is 23.2 Å². The van der Waals surface area contributed by atoms with Gasteiger partial charge in [-0.05, 0) is 18.2 Å². The summed E-state index contributed by atoms with van der Waals surface area (Å²) in [6, 6.07) is 9.49. The zero-order valence-electron chi connectivity index (χ0n) is 11.7. The Kier molecular flexibility index (Phi) is 4.39. The predicted octanol–water partition coefficient (Wildman–Crippen LogP) is 5.78. The highest BCUT2D eigenvalue weighted by molar-refractivity contribution is 6.40. The lowest BCUT2D eigenvalue weighted by atomic mass is 10.1. The summed E-state index contributed by atoms with van der Waals surface area (Å²) in [4.78, 5) is 12.1. The van der Waals surface area contributed by atoms with E-state index in [1.165, 1.54) is 6.07 Å². The summed E-state index contributed by atoms with van der Waals surface area (Å²) in [7, 11) is 0. The van der Waals surface area contributed by atoms with E-state index < -0.39 is 29.0 Å². The fourth-order valence-electron chi connectivity index (χ4n) is 2.21. The van der Waals surface area contributed by atoms with Crippen molar-refractivity contribution in [3.05, 3.63) is 75.5 Å². The van der Waals surface area contributed by atoms with Crippen LogP contribution in [0.15, 0.2) is 42.5 Å². The highest BCUT2D eigenvalue weighted by atomic mass is 35.5. The Morgan fingerprint density at radius 3 is 2.25 bits per heavy atom. The van der Waals surface area contributed by atoms with E-state index in [2.05, 4.69) is 0 Å². The molecule has 0 spiro atoms. The highest BCUT2D eigenvalue weighted by Crippen LogP contribution is 2.38. The van der Waals surface area contributed by atoms with E-state index in [0.29, 0.717) is 21.9 Å². The summed E-state index contributed by atoms with van der Waals surface area (Å²) in [6.07, 6.45) is 0. The summed E-state index contributed by atoms with van der Waals surface area (Å²) in [6.45, 7) is 0. The lowest BCUT2D eigenvalue weighted by molar-refractivity contribution is 0.0731. The van der Waals surface area contributed by atoms with Crippen molar-refractivity contribution in [2.24, 2.45) is 0 Å². The summed E-state index contributed by atoms with van der Waals surface area (Å²) < 4.78 is 45.1. The maximum Gasteiger partial charge on any atom is 0.346 e. The molecule has 0 aliphatic heterocycles. The predicted molar refractivity (Wildman–Crippen MR) is 85.2 cm³/mol. The fourth-order valence-corrected chi connectivity index (χ4v) is 2.79. The molecule has 0 N–H and O–H groups in total. The minimum atomic E-state index is -1.75. The second-order valence-corrected chi connectivity index (χ2v) is 5.64. The van der Waals surface area contributed by atoms with Crippen molar-refractivity contribution in [3.63, 3.8) is 0 Å². The van der Waals surface area contributed by atoms with E-state index in [0.717, 1.165) is 6.07 Å². The van der Waals surface area contributed by atoms with E-state index >= 15 is 0 Å². The first-order valence-corrected chi connectivity index (χ1v) is 7.38. The third-order valence-corrected chi connectivity index (χ3v) is 3.94. The van der Waals surface area contributed by atoms with Crippen molar-refractivity contribution < 1.29 is 22.7 Å². The number of esters is 1. The van der Waals surface area contributed by atoms with E-state index in [-0.39, 0.29) is 10.8 Å². The van der Waals surface area contributed by atoms with Crippen molar-refractivity contribution in [1.82, 2.24) is 0 Å². The largest absolute Gasteiger partial charge is 0.421 e. The number of fused-ring (bicyclic) bond motifs is 1. The number of carbonyl (C=O) groups is 1. The molecule has 0 fully saturated rings. The van der Waals surface area contributed by atoms with Gasteiger partial charge in [-0.2, -0.15) is 0 Å². The van der Waals surface area contributed by atoms with Gasteiger partial charge in [-0.3, -0.25) is 0 Å². The fraction of sp³-hybridized carbons (Fsp3) is 0. The molecule has 24 heavy (non-hydrogen) atoms. The Labute approximate surface area is 144 Å². The van der Waals surface area contributed by atoms with E-state index in [1.807, 2.05) is 0 Å². The van der Waals surface area contributed by atoms with E-state index in [1.54, 1.807) is 24.3 Å². The maximum absolute atomic E-state index is 13.7. The second kappa shape index (κ2) is 6.34. The van der Waals surface area contributed by atoms with Crippen LogP contribution in [0.4, 0.5) is 13.2 Å². The van der Waals surface area contributed by atoms with Crippen LogP contribution in [0.2, 0.25) is 10.0 Å². The molecule has 7 heteroatoms. The van der Waals surface area contributed by atoms with Gasteiger partial charge in [0.1, 0.15) is 0 Å². The molecule has 0 heterocycles. The molecule has 0 bridgehead atoms. The van der Waals surface area contributed by atoms with E-state index in [9.17, 15) is 18.0 Å². The second-order valence-electron chi connectivity index (χ2n) is 4.83. The van der Waals surface area contributed by atoms with Gasteiger partial charge in [-0.1, -0.05) is 47.5 Å². The Bertz CT molecular complexity index is 974. The van der Waals surface area contributed by atoms with Crippen LogP contribution in [0.3, 0.4) is 0 Å². The van der Waals surface area contributed by atoms with Gasteiger partial charge in [-0.15, -0.1) is 0 Å². The van der Waals surface area contributed by atoms with Crippen molar-refractivity contribution in [3.8, 4) is 5.75 Å². The van der Waals surface area contributed by atoms with Crippen molar-refractivity contribution >= 4 is 39.9 Å². The molecule has 0 aromatic heterocycles. The summed E-state index contributed by atoms with van der Waals surface area (Å²) in [5, 5.41) is 1.35. The first kappa shape index (κ1) is 16.6. The van der Waals surface area contributed by atoms with Crippen molar-refractivity contribution in [2.45, 2.75) is 0 Å².